The number of hydrogen-bond acceptors (Lipinski definition) is 4. The van der Waals surface area contributed by atoms with Crippen LogP contribution in [0, 0.1) is 11.8 Å². The number of aliphatic hydroxyl groups is 1. The number of rotatable bonds is 5. The standard InChI is InChI=1S/C30H32N2O2/c1-3-19-18-32-13-12-22(19)15-29(32)30(33)26-17-28(31-27-11-10-24(34-2)16-25(26)27)23-9-8-20-6-4-5-7-21(20)14-23/h4-11,14,16-17,19,22,29-30,33H,3,12-13,15,18H2,1-2H3/t19-,22-,29-,30+/m0/s1. The molecule has 0 aliphatic carbocycles. The third-order valence-electron chi connectivity index (χ3n) is 8.24. The van der Waals surface area contributed by atoms with Crippen LogP contribution in [0.4, 0.5) is 0 Å². The molecule has 1 aromatic heterocycles. The fourth-order valence-corrected chi connectivity index (χ4v) is 6.28. The first-order valence-electron chi connectivity index (χ1n) is 12.5. The summed E-state index contributed by atoms with van der Waals surface area (Å²) in [5.74, 6) is 2.27. The third kappa shape index (κ3) is 3.66. The van der Waals surface area contributed by atoms with Crippen LogP contribution in [-0.2, 0) is 0 Å². The second-order valence-corrected chi connectivity index (χ2v) is 10.0. The van der Waals surface area contributed by atoms with E-state index in [-0.39, 0.29) is 6.04 Å². The first-order valence-corrected chi connectivity index (χ1v) is 12.5. The Morgan fingerprint density at radius 2 is 1.91 bits per heavy atom. The van der Waals surface area contributed by atoms with Crippen LogP contribution in [0.15, 0.2) is 66.7 Å². The summed E-state index contributed by atoms with van der Waals surface area (Å²) in [7, 11) is 1.69. The van der Waals surface area contributed by atoms with Crippen molar-refractivity contribution < 1.29 is 9.84 Å². The molecule has 0 amide bonds. The van der Waals surface area contributed by atoms with Gasteiger partial charge in [0.05, 0.1) is 24.4 Å². The van der Waals surface area contributed by atoms with E-state index in [1.54, 1.807) is 7.11 Å². The van der Waals surface area contributed by atoms with Crippen LogP contribution >= 0.6 is 0 Å². The largest absolute Gasteiger partial charge is 0.497 e. The van der Waals surface area contributed by atoms with Crippen LogP contribution in [0.1, 0.15) is 37.9 Å². The highest BCUT2D eigenvalue weighted by molar-refractivity contribution is 5.90. The minimum absolute atomic E-state index is 0.155. The third-order valence-corrected chi connectivity index (χ3v) is 8.24. The number of nitrogens with zero attached hydrogens (tertiary/aromatic N) is 2. The molecule has 4 heterocycles. The molecule has 34 heavy (non-hydrogen) atoms. The maximum atomic E-state index is 11.8. The quantitative estimate of drug-likeness (QED) is 0.391. The Hall–Kier alpha value is -2.95. The van der Waals surface area contributed by atoms with Crippen LogP contribution in [-0.4, -0.2) is 41.2 Å². The molecule has 1 unspecified atom stereocenters. The van der Waals surface area contributed by atoms with E-state index in [0.717, 1.165) is 64.8 Å². The molecule has 0 saturated carbocycles. The van der Waals surface area contributed by atoms with Crippen molar-refractivity contribution in [3.63, 3.8) is 0 Å². The van der Waals surface area contributed by atoms with Gasteiger partial charge in [-0.05, 0) is 77.9 Å². The van der Waals surface area contributed by atoms with Crippen molar-refractivity contribution in [3.05, 3.63) is 72.3 Å². The Balaban J connectivity index is 1.46. The van der Waals surface area contributed by atoms with E-state index in [4.69, 9.17) is 9.72 Å². The predicted molar refractivity (Wildman–Crippen MR) is 138 cm³/mol. The molecule has 4 heteroatoms. The lowest BCUT2D eigenvalue weighted by atomic mass is 9.72. The van der Waals surface area contributed by atoms with Crippen molar-refractivity contribution >= 4 is 21.7 Å². The van der Waals surface area contributed by atoms with Gasteiger partial charge in [0, 0.05) is 23.5 Å². The topological polar surface area (TPSA) is 45.6 Å². The van der Waals surface area contributed by atoms with Crippen LogP contribution in [0.5, 0.6) is 5.75 Å². The summed E-state index contributed by atoms with van der Waals surface area (Å²) < 4.78 is 5.52. The summed E-state index contributed by atoms with van der Waals surface area (Å²) >= 11 is 0. The lowest BCUT2D eigenvalue weighted by molar-refractivity contribution is -0.0562. The zero-order chi connectivity index (χ0) is 23.2. The summed E-state index contributed by atoms with van der Waals surface area (Å²) in [6.07, 6.45) is 3.00. The lowest BCUT2D eigenvalue weighted by Crippen LogP contribution is -2.55. The van der Waals surface area contributed by atoms with Gasteiger partial charge in [-0.25, -0.2) is 4.98 Å². The molecule has 4 aromatic rings. The number of piperidine rings is 3. The van der Waals surface area contributed by atoms with E-state index in [1.165, 1.54) is 23.6 Å². The molecule has 1 N–H and O–H groups in total. The van der Waals surface area contributed by atoms with Gasteiger partial charge in [-0.1, -0.05) is 49.7 Å². The van der Waals surface area contributed by atoms with Gasteiger partial charge >= 0.3 is 0 Å². The zero-order valence-corrected chi connectivity index (χ0v) is 19.9. The molecular weight excluding hydrogens is 420 g/mol. The van der Waals surface area contributed by atoms with E-state index in [0.29, 0.717) is 0 Å². The Kier molecular flexibility index (Phi) is 5.51. The molecular formula is C30H32N2O2. The molecule has 0 spiro atoms. The van der Waals surface area contributed by atoms with Gasteiger partial charge < -0.3 is 9.84 Å². The van der Waals surface area contributed by atoms with E-state index in [9.17, 15) is 5.11 Å². The van der Waals surface area contributed by atoms with Gasteiger partial charge in [0.15, 0.2) is 0 Å². The first kappa shape index (κ1) is 21.6. The number of pyridine rings is 1. The van der Waals surface area contributed by atoms with Gasteiger partial charge in [0.25, 0.3) is 0 Å². The molecule has 3 aliphatic heterocycles. The van der Waals surface area contributed by atoms with Gasteiger partial charge in [0.1, 0.15) is 5.75 Å². The Labute approximate surface area is 201 Å². The molecule has 3 aromatic carbocycles. The van der Waals surface area contributed by atoms with E-state index >= 15 is 0 Å². The van der Waals surface area contributed by atoms with Crippen LogP contribution in [0.3, 0.4) is 0 Å². The molecule has 3 aliphatic rings. The maximum absolute atomic E-state index is 11.8. The summed E-state index contributed by atoms with van der Waals surface area (Å²) in [5, 5.41) is 15.2. The van der Waals surface area contributed by atoms with Crippen LogP contribution < -0.4 is 4.74 Å². The summed E-state index contributed by atoms with van der Waals surface area (Å²) in [6, 6.07) is 23.1. The normalized spacial score (nSPS) is 25.0. The fraction of sp³-hybridized carbons (Fsp3) is 0.367. The maximum Gasteiger partial charge on any atom is 0.119 e. The molecule has 3 saturated heterocycles. The second-order valence-electron chi connectivity index (χ2n) is 10.0. The number of aliphatic hydroxyl groups excluding tert-OH is 1. The summed E-state index contributed by atoms with van der Waals surface area (Å²) in [5.41, 5.74) is 3.82. The first-order chi connectivity index (χ1) is 16.6. The number of ether oxygens (including phenoxy) is 1. The number of benzene rings is 3. The van der Waals surface area contributed by atoms with Gasteiger partial charge in [-0.15, -0.1) is 0 Å². The van der Waals surface area contributed by atoms with Gasteiger partial charge in [-0.3, -0.25) is 4.90 Å². The SMILES string of the molecule is CC[C@H]1CN2CC[C@H]1C[C@H]2[C@H](O)c1cc(-c2ccc3ccccc3c2)nc2ccc(OC)cc12. The number of methoxy groups -OCH3 is 1. The van der Waals surface area contributed by atoms with Crippen molar-refractivity contribution in [2.24, 2.45) is 11.8 Å². The fourth-order valence-electron chi connectivity index (χ4n) is 6.28. The highest BCUT2D eigenvalue weighted by Crippen LogP contribution is 2.43. The van der Waals surface area contributed by atoms with Crippen molar-refractivity contribution in [1.29, 1.82) is 0 Å². The minimum Gasteiger partial charge on any atom is -0.497 e. The molecule has 174 valence electrons. The number of fused-ring (bicyclic) bond motifs is 5. The molecule has 3 fully saturated rings. The molecule has 4 nitrogen and oxygen atoms in total. The Bertz CT molecular complexity index is 1350. The van der Waals surface area contributed by atoms with E-state index in [1.807, 2.05) is 18.2 Å². The smallest absolute Gasteiger partial charge is 0.119 e. The van der Waals surface area contributed by atoms with E-state index in [2.05, 4.69) is 60.4 Å². The average molecular weight is 453 g/mol. The van der Waals surface area contributed by atoms with Crippen LogP contribution in [0.25, 0.3) is 32.9 Å². The summed E-state index contributed by atoms with van der Waals surface area (Å²) in [4.78, 5) is 7.54. The highest BCUT2D eigenvalue weighted by atomic mass is 16.5. The average Bonchev–Trinajstić information content (AvgIpc) is 2.91. The van der Waals surface area contributed by atoms with Gasteiger partial charge in [0.2, 0.25) is 0 Å². The van der Waals surface area contributed by atoms with Crippen molar-refractivity contribution in [2.45, 2.75) is 38.3 Å². The zero-order valence-electron chi connectivity index (χ0n) is 19.9. The monoisotopic (exact) mass is 452 g/mol. The lowest BCUT2D eigenvalue weighted by Gasteiger charge is -2.51. The van der Waals surface area contributed by atoms with E-state index < -0.39 is 6.10 Å². The minimum atomic E-state index is -0.558. The van der Waals surface area contributed by atoms with Crippen molar-refractivity contribution in [1.82, 2.24) is 9.88 Å². The molecule has 7 rings (SSSR count). The Morgan fingerprint density at radius 1 is 1.06 bits per heavy atom. The summed E-state index contributed by atoms with van der Waals surface area (Å²) in [6.45, 7) is 4.50. The number of aromatic nitrogens is 1. The predicted octanol–water partition coefficient (Wildman–Crippen LogP) is 6.22. The number of hydrogen-bond donors (Lipinski definition) is 1. The van der Waals surface area contributed by atoms with Crippen molar-refractivity contribution in [3.8, 4) is 17.0 Å². The second kappa shape index (κ2) is 8.68. The molecule has 2 bridgehead atoms. The Morgan fingerprint density at radius 3 is 2.68 bits per heavy atom. The highest BCUT2D eigenvalue weighted by Gasteiger charge is 2.42. The van der Waals surface area contributed by atoms with Gasteiger partial charge in [-0.2, -0.15) is 0 Å². The molecule has 0 radical (unpaired) electrons. The van der Waals surface area contributed by atoms with Crippen LogP contribution in [0.2, 0.25) is 0 Å². The van der Waals surface area contributed by atoms with Crippen molar-refractivity contribution in [2.75, 3.05) is 20.2 Å². The molecule has 5 atom stereocenters.